The summed E-state index contributed by atoms with van der Waals surface area (Å²) in [5.74, 6) is -0.689. The van der Waals surface area contributed by atoms with Gasteiger partial charge in [0.25, 0.3) is 0 Å². The fourth-order valence-corrected chi connectivity index (χ4v) is 2.50. The average Bonchev–Trinajstić information content (AvgIpc) is 2.71. The monoisotopic (exact) mass is 209 g/mol. The molecule has 1 aromatic rings. The SMILES string of the molecule is CC1CCCCC1(C(=O)O)n1cncn1. The highest BCUT2D eigenvalue weighted by Gasteiger charge is 2.47. The van der Waals surface area contributed by atoms with Gasteiger partial charge in [-0.1, -0.05) is 19.8 Å². The highest BCUT2D eigenvalue weighted by atomic mass is 16.4. The van der Waals surface area contributed by atoms with E-state index in [1.54, 1.807) is 0 Å². The van der Waals surface area contributed by atoms with Crippen molar-refractivity contribution in [3.05, 3.63) is 12.7 Å². The minimum absolute atomic E-state index is 0.102. The quantitative estimate of drug-likeness (QED) is 0.796. The second kappa shape index (κ2) is 3.64. The van der Waals surface area contributed by atoms with Gasteiger partial charge in [-0.3, -0.25) is 0 Å². The maximum absolute atomic E-state index is 11.5. The van der Waals surface area contributed by atoms with E-state index in [0.717, 1.165) is 19.3 Å². The van der Waals surface area contributed by atoms with Crippen LogP contribution in [0.3, 0.4) is 0 Å². The predicted molar refractivity (Wildman–Crippen MR) is 53.3 cm³/mol. The summed E-state index contributed by atoms with van der Waals surface area (Å²) in [5, 5.41) is 13.5. The molecule has 15 heavy (non-hydrogen) atoms. The van der Waals surface area contributed by atoms with Crippen molar-refractivity contribution in [3.63, 3.8) is 0 Å². The largest absolute Gasteiger partial charge is 0.479 e. The summed E-state index contributed by atoms with van der Waals surface area (Å²) in [5.41, 5.74) is -0.880. The summed E-state index contributed by atoms with van der Waals surface area (Å²) in [7, 11) is 0. The molecule has 5 nitrogen and oxygen atoms in total. The van der Waals surface area contributed by atoms with Crippen molar-refractivity contribution in [2.75, 3.05) is 0 Å². The fraction of sp³-hybridized carbons (Fsp3) is 0.700. The molecule has 1 aromatic heterocycles. The lowest BCUT2D eigenvalue weighted by atomic mass is 9.74. The van der Waals surface area contributed by atoms with E-state index in [4.69, 9.17) is 0 Å². The van der Waals surface area contributed by atoms with Gasteiger partial charge in [-0.25, -0.2) is 14.5 Å². The number of nitrogens with zero attached hydrogens (tertiary/aromatic N) is 3. The second-order valence-corrected chi connectivity index (χ2v) is 4.22. The van der Waals surface area contributed by atoms with Crippen LogP contribution in [0, 0.1) is 5.92 Å². The van der Waals surface area contributed by atoms with E-state index in [1.807, 2.05) is 6.92 Å². The molecule has 1 fully saturated rings. The Bertz CT molecular complexity index is 350. The molecular weight excluding hydrogens is 194 g/mol. The van der Waals surface area contributed by atoms with Gasteiger partial charge in [0.2, 0.25) is 0 Å². The molecule has 2 unspecified atom stereocenters. The van der Waals surface area contributed by atoms with Gasteiger partial charge in [0.05, 0.1) is 0 Å². The Balaban J connectivity index is 2.43. The van der Waals surface area contributed by atoms with E-state index in [1.165, 1.54) is 17.3 Å². The molecule has 2 rings (SSSR count). The van der Waals surface area contributed by atoms with Crippen molar-refractivity contribution < 1.29 is 9.90 Å². The number of carbonyl (C=O) groups is 1. The van der Waals surface area contributed by atoms with Gasteiger partial charge in [0.1, 0.15) is 12.7 Å². The minimum atomic E-state index is -0.880. The molecule has 1 aliphatic rings. The van der Waals surface area contributed by atoms with Crippen LogP contribution in [-0.2, 0) is 10.3 Å². The van der Waals surface area contributed by atoms with Crippen molar-refractivity contribution in [2.45, 2.75) is 38.1 Å². The normalized spacial score (nSPS) is 31.4. The van der Waals surface area contributed by atoms with E-state index >= 15 is 0 Å². The Kier molecular flexibility index (Phi) is 2.46. The molecule has 0 aliphatic heterocycles. The molecule has 0 spiro atoms. The zero-order valence-corrected chi connectivity index (χ0v) is 8.76. The van der Waals surface area contributed by atoms with Gasteiger partial charge in [-0.15, -0.1) is 0 Å². The van der Waals surface area contributed by atoms with E-state index in [0.29, 0.717) is 6.42 Å². The summed E-state index contributed by atoms with van der Waals surface area (Å²) in [4.78, 5) is 15.3. The van der Waals surface area contributed by atoms with Gasteiger partial charge in [0.15, 0.2) is 5.54 Å². The zero-order valence-electron chi connectivity index (χ0n) is 8.76. The first kappa shape index (κ1) is 10.1. The van der Waals surface area contributed by atoms with Crippen molar-refractivity contribution in [3.8, 4) is 0 Å². The van der Waals surface area contributed by atoms with Crippen LogP contribution >= 0.6 is 0 Å². The van der Waals surface area contributed by atoms with Crippen LogP contribution in [0.5, 0.6) is 0 Å². The molecule has 0 radical (unpaired) electrons. The summed E-state index contributed by atoms with van der Waals surface area (Å²) < 4.78 is 1.51. The number of hydrogen-bond donors (Lipinski definition) is 1. The first-order valence-electron chi connectivity index (χ1n) is 5.26. The maximum Gasteiger partial charge on any atom is 0.332 e. The third-order valence-corrected chi connectivity index (χ3v) is 3.46. The molecule has 0 saturated heterocycles. The Morgan fingerprint density at radius 2 is 2.40 bits per heavy atom. The number of aromatic nitrogens is 3. The highest BCUT2D eigenvalue weighted by Crippen LogP contribution is 2.39. The molecule has 1 heterocycles. The lowest BCUT2D eigenvalue weighted by molar-refractivity contribution is -0.153. The van der Waals surface area contributed by atoms with Crippen LogP contribution in [-0.4, -0.2) is 25.8 Å². The first-order chi connectivity index (χ1) is 7.18. The topological polar surface area (TPSA) is 68.0 Å². The van der Waals surface area contributed by atoms with Gasteiger partial charge in [0, 0.05) is 0 Å². The lowest BCUT2D eigenvalue weighted by Crippen LogP contribution is -2.49. The molecular formula is C10H15N3O2. The number of rotatable bonds is 2. The van der Waals surface area contributed by atoms with Gasteiger partial charge >= 0.3 is 5.97 Å². The van der Waals surface area contributed by atoms with Crippen molar-refractivity contribution in [1.29, 1.82) is 0 Å². The summed E-state index contributed by atoms with van der Waals surface area (Å²) in [6, 6.07) is 0. The number of carboxylic acid groups (broad SMARTS) is 1. The molecule has 0 amide bonds. The lowest BCUT2D eigenvalue weighted by Gasteiger charge is -2.38. The van der Waals surface area contributed by atoms with E-state index in [2.05, 4.69) is 10.1 Å². The average molecular weight is 209 g/mol. The third kappa shape index (κ3) is 1.42. The molecule has 1 N–H and O–H groups in total. The van der Waals surface area contributed by atoms with Crippen molar-refractivity contribution in [2.24, 2.45) is 5.92 Å². The Labute approximate surface area is 88.1 Å². The number of hydrogen-bond acceptors (Lipinski definition) is 3. The molecule has 2 atom stereocenters. The van der Waals surface area contributed by atoms with Crippen LogP contribution < -0.4 is 0 Å². The Morgan fingerprint density at radius 3 is 2.93 bits per heavy atom. The number of aliphatic carboxylic acids is 1. The highest BCUT2D eigenvalue weighted by molar-refractivity contribution is 5.77. The third-order valence-electron chi connectivity index (χ3n) is 3.46. The predicted octanol–water partition coefficient (Wildman–Crippen LogP) is 1.27. The van der Waals surface area contributed by atoms with E-state index in [9.17, 15) is 9.90 Å². The van der Waals surface area contributed by atoms with Crippen LogP contribution in [0.2, 0.25) is 0 Å². The summed E-state index contributed by atoms with van der Waals surface area (Å²) in [6.45, 7) is 1.98. The minimum Gasteiger partial charge on any atom is -0.479 e. The van der Waals surface area contributed by atoms with Gasteiger partial charge in [-0.05, 0) is 18.8 Å². The Morgan fingerprint density at radius 1 is 1.60 bits per heavy atom. The van der Waals surface area contributed by atoms with Crippen LogP contribution in [0.4, 0.5) is 0 Å². The molecule has 1 aliphatic carbocycles. The fourth-order valence-electron chi connectivity index (χ4n) is 2.50. The van der Waals surface area contributed by atoms with Crippen molar-refractivity contribution in [1.82, 2.24) is 14.8 Å². The van der Waals surface area contributed by atoms with Crippen molar-refractivity contribution >= 4 is 5.97 Å². The standard InChI is InChI=1S/C10H15N3O2/c1-8-4-2-3-5-10(8,9(14)15)13-7-11-6-12-13/h6-8H,2-5H2,1H3,(H,14,15). The summed E-state index contributed by atoms with van der Waals surface area (Å²) in [6.07, 6.45) is 6.53. The van der Waals surface area contributed by atoms with Crippen LogP contribution in [0.1, 0.15) is 32.6 Å². The maximum atomic E-state index is 11.5. The second-order valence-electron chi connectivity index (χ2n) is 4.22. The van der Waals surface area contributed by atoms with Crippen LogP contribution in [0.15, 0.2) is 12.7 Å². The zero-order chi connectivity index (χ0) is 10.9. The van der Waals surface area contributed by atoms with Gasteiger partial charge in [-0.2, -0.15) is 5.10 Å². The Hall–Kier alpha value is -1.39. The molecule has 0 aromatic carbocycles. The molecule has 5 heteroatoms. The summed E-state index contributed by atoms with van der Waals surface area (Å²) >= 11 is 0. The smallest absolute Gasteiger partial charge is 0.332 e. The van der Waals surface area contributed by atoms with Crippen LogP contribution in [0.25, 0.3) is 0 Å². The molecule has 82 valence electrons. The first-order valence-corrected chi connectivity index (χ1v) is 5.26. The van der Waals surface area contributed by atoms with E-state index in [-0.39, 0.29) is 5.92 Å². The van der Waals surface area contributed by atoms with Gasteiger partial charge < -0.3 is 5.11 Å². The van der Waals surface area contributed by atoms with E-state index < -0.39 is 11.5 Å². The number of carboxylic acids is 1. The molecule has 1 saturated carbocycles. The molecule has 0 bridgehead atoms.